The maximum absolute atomic E-state index is 12.8. The third kappa shape index (κ3) is 3.86. The molecular weight excluding hydrogens is 288 g/mol. The zero-order valence-electron chi connectivity index (χ0n) is 14.1. The molecule has 23 heavy (non-hydrogen) atoms. The summed E-state index contributed by atoms with van der Waals surface area (Å²) in [6.45, 7) is 4.85. The van der Waals surface area contributed by atoms with Crippen LogP contribution in [-0.2, 0) is 0 Å². The van der Waals surface area contributed by atoms with Crippen molar-refractivity contribution in [2.24, 2.45) is 0 Å². The number of nitrogens with zero attached hydrogens (tertiary/aromatic N) is 2. The Morgan fingerprint density at radius 1 is 1.13 bits per heavy atom. The van der Waals surface area contributed by atoms with Crippen molar-refractivity contribution in [2.75, 3.05) is 24.5 Å². The quantitative estimate of drug-likeness (QED) is 0.928. The first kappa shape index (κ1) is 16.3. The third-order valence-corrected chi connectivity index (χ3v) is 5.09. The van der Waals surface area contributed by atoms with Gasteiger partial charge in [0.1, 0.15) is 0 Å². The molecule has 2 saturated heterocycles. The molecule has 0 spiro atoms. The van der Waals surface area contributed by atoms with Crippen LogP contribution < -0.4 is 4.90 Å². The number of aliphatic hydroxyl groups excluding tert-OH is 1. The van der Waals surface area contributed by atoms with Gasteiger partial charge in [-0.2, -0.15) is 0 Å². The van der Waals surface area contributed by atoms with Crippen molar-refractivity contribution in [2.45, 2.75) is 57.6 Å². The molecule has 3 rings (SSSR count). The van der Waals surface area contributed by atoms with Crippen LogP contribution >= 0.6 is 0 Å². The molecule has 0 saturated carbocycles. The van der Waals surface area contributed by atoms with Gasteiger partial charge in [0, 0.05) is 36.9 Å². The molecule has 2 atom stereocenters. The standard InChI is InChI=1S/C19H28N2O2/c1-15(22)14-18-6-5-13-21(18)19(23)16-7-9-17(10-8-16)20-11-3-2-4-12-20/h7-10,15,18,22H,2-6,11-14H2,1H3. The zero-order valence-corrected chi connectivity index (χ0v) is 14.1. The average Bonchev–Trinajstić information content (AvgIpc) is 3.02. The lowest BCUT2D eigenvalue weighted by Crippen LogP contribution is -2.37. The van der Waals surface area contributed by atoms with Gasteiger partial charge in [0.2, 0.25) is 0 Å². The molecule has 0 bridgehead atoms. The van der Waals surface area contributed by atoms with Gasteiger partial charge in [0.05, 0.1) is 6.10 Å². The molecule has 4 heteroatoms. The maximum atomic E-state index is 12.8. The van der Waals surface area contributed by atoms with Crippen LogP contribution in [0.2, 0.25) is 0 Å². The molecule has 1 N–H and O–H groups in total. The van der Waals surface area contributed by atoms with E-state index in [1.54, 1.807) is 6.92 Å². The number of anilines is 1. The molecule has 2 heterocycles. The van der Waals surface area contributed by atoms with Crippen LogP contribution in [-0.4, -0.2) is 47.7 Å². The highest BCUT2D eigenvalue weighted by Crippen LogP contribution is 2.25. The number of hydrogen-bond acceptors (Lipinski definition) is 3. The largest absolute Gasteiger partial charge is 0.393 e. The summed E-state index contributed by atoms with van der Waals surface area (Å²) in [5, 5.41) is 9.62. The van der Waals surface area contributed by atoms with E-state index >= 15 is 0 Å². The van der Waals surface area contributed by atoms with Crippen LogP contribution in [0.25, 0.3) is 0 Å². The van der Waals surface area contributed by atoms with Crippen LogP contribution in [0.15, 0.2) is 24.3 Å². The van der Waals surface area contributed by atoms with E-state index in [1.165, 1.54) is 24.9 Å². The number of likely N-dealkylation sites (tertiary alicyclic amines) is 1. The summed E-state index contributed by atoms with van der Waals surface area (Å²) >= 11 is 0. The molecule has 126 valence electrons. The first-order valence-electron chi connectivity index (χ1n) is 8.99. The Balaban J connectivity index is 1.67. The van der Waals surface area contributed by atoms with Crippen LogP contribution in [0.1, 0.15) is 55.8 Å². The lowest BCUT2D eigenvalue weighted by molar-refractivity contribution is 0.0682. The number of hydrogen-bond donors (Lipinski definition) is 1. The first-order chi connectivity index (χ1) is 11.1. The number of aliphatic hydroxyl groups is 1. The summed E-state index contributed by atoms with van der Waals surface area (Å²) in [4.78, 5) is 17.1. The summed E-state index contributed by atoms with van der Waals surface area (Å²) in [5.41, 5.74) is 1.99. The van der Waals surface area contributed by atoms with Crippen molar-refractivity contribution in [1.29, 1.82) is 0 Å². The molecule has 1 aromatic rings. The van der Waals surface area contributed by atoms with E-state index in [-0.39, 0.29) is 18.1 Å². The van der Waals surface area contributed by atoms with Gasteiger partial charge in [-0.25, -0.2) is 0 Å². The third-order valence-electron chi connectivity index (χ3n) is 5.09. The summed E-state index contributed by atoms with van der Waals surface area (Å²) in [7, 11) is 0. The van der Waals surface area contributed by atoms with Gasteiger partial charge >= 0.3 is 0 Å². The highest BCUT2D eigenvalue weighted by Gasteiger charge is 2.30. The zero-order chi connectivity index (χ0) is 16.2. The van der Waals surface area contributed by atoms with Gasteiger partial charge in [-0.3, -0.25) is 4.79 Å². The summed E-state index contributed by atoms with van der Waals surface area (Å²) < 4.78 is 0. The fraction of sp³-hybridized carbons (Fsp3) is 0.632. The van der Waals surface area contributed by atoms with E-state index in [9.17, 15) is 9.90 Å². The van der Waals surface area contributed by atoms with Crippen molar-refractivity contribution in [1.82, 2.24) is 4.90 Å². The van der Waals surface area contributed by atoms with E-state index < -0.39 is 0 Å². The monoisotopic (exact) mass is 316 g/mol. The Morgan fingerprint density at radius 2 is 1.83 bits per heavy atom. The van der Waals surface area contributed by atoms with Crippen molar-refractivity contribution >= 4 is 11.6 Å². The topological polar surface area (TPSA) is 43.8 Å². The Morgan fingerprint density at radius 3 is 2.48 bits per heavy atom. The number of benzene rings is 1. The minimum absolute atomic E-state index is 0.110. The highest BCUT2D eigenvalue weighted by molar-refractivity contribution is 5.95. The molecule has 2 unspecified atom stereocenters. The number of carbonyl (C=O) groups is 1. The highest BCUT2D eigenvalue weighted by atomic mass is 16.3. The number of piperidine rings is 1. The Bertz CT molecular complexity index is 521. The van der Waals surface area contributed by atoms with Crippen LogP contribution in [0.4, 0.5) is 5.69 Å². The van der Waals surface area contributed by atoms with Gasteiger partial charge in [0.25, 0.3) is 5.91 Å². The lowest BCUT2D eigenvalue weighted by Gasteiger charge is -2.29. The predicted molar refractivity (Wildman–Crippen MR) is 92.9 cm³/mol. The van der Waals surface area contributed by atoms with Crippen molar-refractivity contribution in [3.63, 3.8) is 0 Å². The summed E-state index contributed by atoms with van der Waals surface area (Å²) in [5.74, 6) is 0.110. The maximum Gasteiger partial charge on any atom is 0.254 e. The van der Waals surface area contributed by atoms with E-state index in [2.05, 4.69) is 17.0 Å². The van der Waals surface area contributed by atoms with E-state index in [1.807, 2.05) is 17.0 Å². The van der Waals surface area contributed by atoms with Gasteiger partial charge in [-0.15, -0.1) is 0 Å². The number of amides is 1. The van der Waals surface area contributed by atoms with Gasteiger partial charge in [0.15, 0.2) is 0 Å². The fourth-order valence-electron chi connectivity index (χ4n) is 3.87. The number of rotatable bonds is 4. The fourth-order valence-corrected chi connectivity index (χ4v) is 3.87. The van der Waals surface area contributed by atoms with Crippen LogP contribution in [0.5, 0.6) is 0 Å². The smallest absolute Gasteiger partial charge is 0.254 e. The normalized spacial score (nSPS) is 23.1. The Hall–Kier alpha value is -1.55. The molecule has 2 fully saturated rings. The minimum atomic E-state index is -0.352. The SMILES string of the molecule is CC(O)CC1CCCN1C(=O)c1ccc(N2CCCCC2)cc1. The van der Waals surface area contributed by atoms with Gasteiger partial charge in [-0.1, -0.05) is 0 Å². The molecule has 1 amide bonds. The Kier molecular flexibility index (Phi) is 5.21. The molecule has 4 nitrogen and oxygen atoms in total. The van der Waals surface area contributed by atoms with Gasteiger partial charge in [-0.05, 0) is 69.7 Å². The molecule has 2 aliphatic heterocycles. The second kappa shape index (κ2) is 7.35. The Labute approximate surface area is 139 Å². The second-order valence-corrected chi connectivity index (χ2v) is 6.97. The number of carbonyl (C=O) groups excluding carboxylic acids is 1. The van der Waals surface area contributed by atoms with E-state index in [4.69, 9.17) is 0 Å². The van der Waals surface area contributed by atoms with Crippen molar-refractivity contribution < 1.29 is 9.90 Å². The summed E-state index contributed by atoms with van der Waals surface area (Å²) in [6.07, 6.45) is 6.21. The van der Waals surface area contributed by atoms with Crippen LogP contribution in [0, 0.1) is 0 Å². The first-order valence-corrected chi connectivity index (χ1v) is 8.99. The van der Waals surface area contributed by atoms with Gasteiger partial charge < -0.3 is 14.9 Å². The minimum Gasteiger partial charge on any atom is -0.393 e. The molecule has 1 aromatic carbocycles. The second-order valence-electron chi connectivity index (χ2n) is 6.97. The van der Waals surface area contributed by atoms with Crippen molar-refractivity contribution in [3.05, 3.63) is 29.8 Å². The average molecular weight is 316 g/mol. The summed E-state index contributed by atoms with van der Waals surface area (Å²) in [6, 6.07) is 8.27. The van der Waals surface area contributed by atoms with E-state index in [0.29, 0.717) is 6.42 Å². The molecule has 0 radical (unpaired) electrons. The molecule has 0 aliphatic carbocycles. The van der Waals surface area contributed by atoms with Crippen LogP contribution in [0.3, 0.4) is 0 Å². The predicted octanol–water partition coefficient (Wildman–Crippen LogP) is 3.05. The lowest BCUT2D eigenvalue weighted by atomic mass is 10.1. The van der Waals surface area contributed by atoms with E-state index in [0.717, 1.165) is 38.0 Å². The van der Waals surface area contributed by atoms with Crippen molar-refractivity contribution in [3.8, 4) is 0 Å². The molecular formula is C19H28N2O2. The molecule has 0 aromatic heterocycles. The molecule has 2 aliphatic rings.